The Hall–Kier alpha value is -2.02. The highest BCUT2D eigenvalue weighted by atomic mass is 19.4. The Morgan fingerprint density at radius 3 is 2.00 bits per heavy atom. The minimum absolute atomic E-state index is 0.126. The first-order valence-electron chi connectivity index (χ1n) is 11.6. The average molecular weight is 472 g/mol. The van der Waals surface area contributed by atoms with Crippen molar-refractivity contribution in [1.29, 1.82) is 0 Å². The number of alkyl halides is 6. The molecule has 0 bridgehead atoms. The van der Waals surface area contributed by atoms with Gasteiger partial charge < -0.3 is 0 Å². The second kappa shape index (κ2) is 10.9. The SMILES string of the molecule is CCN(CCCc1ccc(C2CCC(C(F)(F)F)C(C(F)(F)F)C2)cc1)Cc1ccccc1. The summed E-state index contributed by atoms with van der Waals surface area (Å²) >= 11 is 0. The van der Waals surface area contributed by atoms with E-state index in [4.69, 9.17) is 0 Å². The first kappa shape index (κ1) is 25.6. The summed E-state index contributed by atoms with van der Waals surface area (Å²) in [5.41, 5.74) is 3.06. The van der Waals surface area contributed by atoms with Crippen molar-refractivity contribution in [2.45, 2.75) is 63.8 Å². The molecule has 1 aliphatic rings. The van der Waals surface area contributed by atoms with Crippen LogP contribution in [0.5, 0.6) is 0 Å². The van der Waals surface area contributed by atoms with Crippen LogP contribution in [0.2, 0.25) is 0 Å². The first-order chi connectivity index (χ1) is 15.6. The maximum atomic E-state index is 13.3. The lowest BCUT2D eigenvalue weighted by Gasteiger charge is -2.38. The van der Waals surface area contributed by atoms with E-state index in [1.165, 1.54) is 5.56 Å². The van der Waals surface area contributed by atoms with Crippen molar-refractivity contribution in [2.75, 3.05) is 13.1 Å². The topological polar surface area (TPSA) is 3.24 Å². The summed E-state index contributed by atoms with van der Waals surface area (Å²) in [4.78, 5) is 2.36. The van der Waals surface area contributed by atoms with Gasteiger partial charge in [-0.1, -0.05) is 61.5 Å². The van der Waals surface area contributed by atoms with Gasteiger partial charge in [0.15, 0.2) is 0 Å². The molecule has 1 fully saturated rings. The third-order valence-corrected chi connectivity index (χ3v) is 6.78. The molecule has 3 unspecified atom stereocenters. The van der Waals surface area contributed by atoms with E-state index in [0.717, 1.165) is 38.0 Å². The molecule has 182 valence electrons. The molecule has 1 nitrogen and oxygen atoms in total. The minimum atomic E-state index is -4.84. The van der Waals surface area contributed by atoms with Crippen LogP contribution in [-0.2, 0) is 13.0 Å². The van der Waals surface area contributed by atoms with E-state index in [0.29, 0.717) is 5.56 Å². The molecule has 0 saturated heterocycles. The summed E-state index contributed by atoms with van der Waals surface area (Å²) in [6, 6.07) is 17.7. The van der Waals surface area contributed by atoms with Crippen LogP contribution in [0.15, 0.2) is 54.6 Å². The number of hydrogen-bond acceptors (Lipinski definition) is 1. The second-order valence-corrected chi connectivity index (χ2v) is 9.01. The predicted octanol–water partition coefficient (Wildman–Crippen LogP) is 7.77. The molecule has 0 heterocycles. The largest absolute Gasteiger partial charge is 0.392 e. The number of benzene rings is 2. The molecule has 0 aliphatic heterocycles. The number of rotatable bonds is 8. The number of halogens is 6. The Morgan fingerprint density at radius 2 is 1.42 bits per heavy atom. The molecule has 0 amide bonds. The van der Waals surface area contributed by atoms with Gasteiger partial charge in [-0.05, 0) is 67.8 Å². The van der Waals surface area contributed by atoms with E-state index in [1.807, 2.05) is 30.3 Å². The fraction of sp³-hybridized carbons (Fsp3) is 0.538. The maximum absolute atomic E-state index is 13.3. The number of aryl methyl sites for hydroxylation is 1. The van der Waals surface area contributed by atoms with E-state index in [9.17, 15) is 26.3 Å². The molecule has 3 atom stereocenters. The highest BCUT2D eigenvalue weighted by Gasteiger charge is 2.56. The summed E-state index contributed by atoms with van der Waals surface area (Å²) in [7, 11) is 0. The molecule has 2 aromatic carbocycles. The van der Waals surface area contributed by atoms with Gasteiger partial charge in [0, 0.05) is 6.54 Å². The van der Waals surface area contributed by atoms with Crippen molar-refractivity contribution in [3.8, 4) is 0 Å². The van der Waals surface area contributed by atoms with Gasteiger partial charge in [-0.3, -0.25) is 4.90 Å². The molecule has 1 saturated carbocycles. The molecular formula is C26H31F6N. The standard InChI is InChI=1S/C26H31F6N/c1-2-33(18-20-7-4-3-5-8-20)16-6-9-19-10-12-21(13-11-19)22-14-15-23(25(27,28)29)24(17-22)26(30,31)32/h3-5,7-8,10-13,22-24H,2,6,9,14-18H2,1H3. The van der Waals surface area contributed by atoms with Crippen LogP contribution in [0.4, 0.5) is 26.3 Å². The summed E-state index contributed by atoms with van der Waals surface area (Å²) < 4.78 is 79.4. The van der Waals surface area contributed by atoms with Crippen molar-refractivity contribution >= 4 is 0 Å². The molecule has 7 heteroatoms. The average Bonchev–Trinajstić information content (AvgIpc) is 2.78. The molecule has 2 aromatic rings. The Labute approximate surface area is 191 Å². The van der Waals surface area contributed by atoms with Crippen LogP contribution in [0.1, 0.15) is 55.2 Å². The Balaban J connectivity index is 1.54. The smallest absolute Gasteiger partial charge is 0.299 e. The molecule has 0 N–H and O–H groups in total. The minimum Gasteiger partial charge on any atom is -0.299 e. The van der Waals surface area contributed by atoms with Gasteiger partial charge in [0.25, 0.3) is 0 Å². The predicted molar refractivity (Wildman–Crippen MR) is 118 cm³/mol. The van der Waals surface area contributed by atoms with Crippen LogP contribution >= 0.6 is 0 Å². The van der Waals surface area contributed by atoms with E-state index in [1.54, 1.807) is 12.1 Å². The fourth-order valence-corrected chi connectivity index (χ4v) is 4.88. The van der Waals surface area contributed by atoms with Gasteiger partial charge in [0.2, 0.25) is 0 Å². The summed E-state index contributed by atoms with van der Waals surface area (Å²) in [5, 5.41) is 0. The molecular weight excluding hydrogens is 440 g/mol. The molecule has 0 radical (unpaired) electrons. The monoisotopic (exact) mass is 471 g/mol. The van der Waals surface area contributed by atoms with Crippen LogP contribution < -0.4 is 0 Å². The zero-order valence-corrected chi connectivity index (χ0v) is 18.8. The van der Waals surface area contributed by atoms with Crippen molar-refractivity contribution in [2.24, 2.45) is 11.8 Å². The lowest BCUT2D eigenvalue weighted by atomic mass is 9.71. The molecule has 0 aromatic heterocycles. The van der Waals surface area contributed by atoms with Gasteiger partial charge in [-0.15, -0.1) is 0 Å². The Kier molecular flexibility index (Phi) is 8.48. The zero-order valence-electron chi connectivity index (χ0n) is 18.8. The molecule has 1 aliphatic carbocycles. The third kappa shape index (κ3) is 7.23. The molecule has 0 spiro atoms. The highest BCUT2D eigenvalue weighted by molar-refractivity contribution is 5.26. The van der Waals surface area contributed by atoms with E-state index in [2.05, 4.69) is 24.0 Å². The second-order valence-electron chi connectivity index (χ2n) is 9.01. The quantitative estimate of drug-likeness (QED) is 0.356. The Morgan fingerprint density at radius 1 is 0.788 bits per heavy atom. The van der Waals surface area contributed by atoms with Gasteiger partial charge in [-0.2, -0.15) is 26.3 Å². The van der Waals surface area contributed by atoms with Gasteiger partial charge in [0.05, 0.1) is 11.8 Å². The number of hydrogen-bond donors (Lipinski definition) is 0. The molecule has 33 heavy (non-hydrogen) atoms. The lowest BCUT2D eigenvalue weighted by Crippen LogP contribution is -2.42. The summed E-state index contributed by atoms with van der Waals surface area (Å²) in [5.74, 6) is -5.13. The van der Waals surface area contributed by atoms with Crippen LogP contribution in [0, 0.1) is 11.8 Å². The third-order valence-electron chi connectivity index (χ3n) is 6.78. The van der Waals surface area contributed by atoms with Gasteiger partial charge >= 0.3 is 12.4 Å². The van der Waals surface area contributed by atoms with Crippen molar-refractivity contribution in [3.05, 3.63) is 71.3 Å². The Bertz CT molecular complexity index is 844. The maximum Gasteiger partial charge on any atom is 0.392 e. The van der Waals surface area contributed by atoms with Crippen LogP contribution in [0.3, 0.4) is 0 Å². The van der Waals surface area contributed by atoms with E-state index in [-0.39, 0.29) is 6.42 Å². The highest BCUT2D eigenvalue weighted by Crippen LogP contribution is 2.52. The van der Waals surface area contributed by atoms with Crippen molar-refractivity contribution < 1.29 is 26.3 Å². The summed E-state index contributed by atoms with van der Waals surface area (Å²) in [6.45, 7) is 4.88. The van der Waals surface area contributed by atoms with E-state index < -0.39 is 42.9 Å². The van der Waals surface area contributed by atoms with E-state index >= 15 is 0 Å². The lowest BCUT2D eigenvalue weighted by molar-refractivity contribution is -0.263. The van der Waals surface area contributed by atoms with Crippen molar-refractivity contribution in [1.82, 2.24) is 4.90 Å². The zero-order chi connectivity index (χ0) is 24.1. The number of nitrogens with zero attached hydrogens (tertiary/aromatic N) is 1. The fourth-order valence-electron chi connectivity index (χ4n) is 4.88. The van der Waals surface area contributed by atoms with Crippen LogP contribution in [0.25, 0.3) is 0 Å². The molecule has 3 rings (SSSR count). The van der Waals surface area contributed by atoms with Gasteiger partial charge in [-0.25, -0.2) is 0 Å². The first-order valence-corrected chi connectivity index (χ1v) is 11.6. The normalized spacial score (nSPS) is 22.0. The van der Waals surface area contributed by atoms with Crippen molar-refractivity contribution in [3.63, 3.8) is 0 Å². The van der Waals surface area contributed by atoms with Gasteiger partial charge in [0.1, 0.15) is 0 Å². The van der Waals surface area contributed by atoms with Crippen LogP contribution in [-0.4, -0.2) is 30.3 Å². The summed E-state index contributed by atoms with van der Waals surface area (Å²) in [6.07, 6.45) is -8.72.